The summed E-state index contributed by atoms with van der Waals surface area (Å²) < 4.78 is 21.4. The predicted octanol–water partition coefficient (Wildman–Crippen LogP) is 6.91. The molecule has 0 saturated heterocycles. The highest BCUT2D eigenvalue weighted by molar-refractivity contribution is 7.46. The third kappa shape index (κ3) is 6.35. The van der Waals surface area contributed by atoms with E-state index in [-0.39, 0.29) is 17.9 Å². The summed E-state index contributed by atoms with van der Waals surface area (Å²) in [5.41, 5.74) is 3.33. The van der Waals surface area contributed by atoms with Gasteiger partial charge in [0.1, 0.15) is 0 Å². The Morgan fingerprint density at radius 3 is 2.71 bits per heavy atom. The molecule has 31 heavy (non-hydrogen) atoms. The minimum atomic E-state index is -4.45. The molecule has 1 aromatic heterocycles. The fourth-order valence-electron chi connectivity index (χ4n) is 5.97. The van der Waals surface area contributed by atoms with Gasteiger partial charge in [0.05, 0.1) is 19.1 Å². The van der Waals surface area contributed by atoms with Crippen LogP contribution in [0.4, 0.5) is 0 Å². The van der Waals surface area contributed by atoms with Crippen LogP contribution in [-0.4, -0.2) is 16.4 Å². The Morgan fingerprint density at radius 1 is 1.26 bits per heavy atom. The Labute approximate surface area is 187 Å². The number of phosphoric acid groups is 1. The zero-order valence-corrected chi connectivity index (χ0v) is 20.6. The molecule has 1 fully saturated rings. The van der Waals surface area contributed by atoms with Crippen LogP contribution < -0.4 is 0 Å². The molecule has 1 saturated carbocycles. The van der Waals surface area contributed by atoms with Gasteiger partial charge in [0.2, 0.25) is 0 Å². The summed E-state index contributed by atoms with van der Waals surface area (Å²) in [6.07, 6.45) is 15.7. The molecule has 176 valence electrons. The van der Waals surface area contributed by atoms with E-state index in [9.17, 15) is 14.4 Å². The maximum Gasteiger partial charge on any atom is 0.469 e. The number of hydrogen-bond donors (Lipinski definition) is 2. The first-order valence-corrected chi connectivity index (χ1v) is 13.5. The summed E-state index contributed by atoms with van der Waals surface area (Å²) >= 11 is 0. The monoisotopic (exact) mass is 452 g/mol. The first-order chi connectivity index (χ1) is 14.5. The normalized spacial score (nSPS) is 29.3. The van der Waals surface area contributed by atoms with Gasteiger partial charge in [-0.1, -0.05) is 39.3 Å². The number of fused-ring (bicyclic) bond motifs is 1. The van der Waals surface area contributed by atoms with Crippen molar-refractivity contribution < 1.29 is 23.3 Å². The van der Waals surface area contributed by atoms with E-state index in [1.165, 1.54) is 24.8 Å². The maximum absolute atomic E-state index is 11.3. The Kier molecular flexibility index (Phi) is 7.95. The summed E-state index contributed by atoms with van der Waals surface area (Å²) in [7, 11) is -4.45. The van der Waals surface area contributed by atoms with Crippen molar-refractivity contribution in [3.8, 4) is 0 Å². The molecule has 0 spiro atoms. The topological polar surface area (TPSA) is 79.9 Å². The van der Waals surface area contributed by atoms with Crippen LogP contribution in [0.1, 0.15) is 84.6 Å². The Hall–Kier alpha value is -0.870. The van der Waals surface area contributed by atoms with E-state index in [0.717, 1.165) is 38.5 Å². The standard InChI is InChI=1S/C25H41O5P/c1-19-10-11-22-23(9-6-14-24(22,2)3)25(19,4)15-12-20(18-30-31(26,27)28)7-5-8-21-13-16-29-17-21/h9,13,16-17,19-20,22H,5-8,10-12,14-15,18H2,1-4H3,(H2,26,27,28)/t19-,20?,22-,25-/m1/s1. The van der Waals surface area contributed by atoms with Crippen molar-refractivity contribution in [2.45, 2.75) is 85.5 Å². The summed E-state index contributed by atoms with van der Waals surface area (Å²) in [4.78, 5) is 18.5. The molecular formula is C25H41O5P. The molecule has 4 atom stereocenters. The zero-order valence-electron chi connectivity index (χ0n) is 19.7. The fraction of sp³-hybridized carbons (Fsp3) is 0.760. The lowest BCUT2D eigenvalue weighted by molar-refractivity contribution is 0.0714. The van der Waals surface area contributed by atoms with E-state index in [2.05, 4.69) is 33.8 Å². The second-order valence-electron chi connectivity index (χ2n) is 10.9. The lowest BCUT2D eigenvalue weighted by Crippen LogP contribution is -2.43. The minimum Gasteiger partial charge on any atom is -0.472 e. The molecule has 0 aliphatic heterocycles. The molecule has 1 heterocycles. The van der Waals surface area contributed by atoms with Gasteiger partial charge < -0.3 is 14.2 Å². The van der Waals surface area contributed by atoms with E-state index >= 15 is 0 Å². The second-order valence-corrected chi connectivity index (χ2v) is 12.1. The number of phosphoric ester groups is 1. The predicted molar refractivity (Wildman–Crippen MR) is 123 cm³/mol. The van der Waals surface area contributed by atoms with Crippen molar-refractivity contribution in [3.63, 3.8) is 0 Å². The molecule has 1 aromatic rings. The van der Waals surface area contributed by atoms with Crippen molar-refractivity contribution >= 4 is 7.82 Å². The van der Waals surface area contributed by atoms with Gasteiger partial charge in [-0.15, -0.1) is 0 Å². The molecular weight excluding hydrogens is 411 g/mol. The molecule has 2 N–H and O–H groups in total. The van der Waals surface area contributed by atoms with Crippen molar-refractivity contribution in [1.29, 1.82) is 0 Å². The number of aryl methyl sites for hydroxylation is 1. The van der Waals surface area contributed by atoms with E-state index < -0.39 is 7.82 Å². The van der Waals surface area contributed by atoms with E-state index in [1.807, 2.05) is 6.07 Å². The summed E-state index contributed by atoms with van der Waals surface area (Å²) in [6.45, 7) is 9.79. The van der Waals surface area contributed by atoms with Gasteiger partial charge in [0.25, 0.3) is 0 Å². The first-order valence-electron chi connectivity index (χ1n) is 11.9. The number of allylic oxidation sites excluding steroid dienone is 2. The van der Waals surface area contributed by atoms with E-state index in [0.29, 0.717) is 17.3 Å². The summed E-state index contributed by atoms with van der Waals surface area (Å²) in [5.74, 6) is 1.42. The SMILES string of the molecule is C[C@@H]1CC[C@@H]2C(=CCCC2(C)C)[C@]1(C)CCC(CCCc1ccoc1)COP(=O)(O)O. The summed E-state index contributed by atoms with van der Waals surface area (Å²) in [6, 6.07) is 1.98. The fourth-order valence-corrected chi connectivity index (χ4v) is 6.38. The van der Waals surface area contributed by atoms with Gasteiger partial charge in [-0.2, -0.15) is 0 Å². The van der Waals surface area contributed by atoms with Gasteiger partial charge in [-0.3, -0.25) is 4.52 Å². The number of rotatable bonds is 10. The second kappa shape index (κ2) is 9.95. The number of hydrogen-bond acceptors (Lipinski definition) is 3. The molecule has 0 radical (unpaired) electrons. The third-order valence-corrected chi connectivity index (χ3v) is 8.80. The van der Waals surface area contributed by atoms with Crippen molar-refractivity contribution in [2.24, 2.45) is 28.6 Å². The largest absolute Gasteiger partial charge is 0.472 e. The van der Waals surface area contributed by atoms with Crippen molar-refractivity contribution in [2.75, 3.05) is 6.61 Å². The van der Waals surface area contributed by atoms with Crippen LogP contribution in [0.15, 0.2) is 34.7 Å². The van der Waals surface area contributed by atoms with Gasteiger partial charge in [-0.05, 0) is 98.0 Å². The van der Waals surface area contributed by atoms with Crippen LogP contribution in [0.25, 0.3) is 0 Å². The minimum absolute atomic E-state index is 0.119. The third-order valence-electron chi connectivity index (χ3n) is 8.32. The number of furan rings is 1. The van der Waals surface area contributed by atoms with E-state index in [1.54, 1.807) is 18.1 Å². The van der Waals surface area contributed by atoms with E-state index in [4.69, 9.17) is 8.94 Å². The first kappa shape index (κ1) is 24.8. The lowest BCUT2D eigenvalue weighted by Gasteiger charge is -2.53. The van der Waals surface area contributed by atoms with Crippen LogP contribution >= 0.6 is 7.82 Å². The maximum atomic E-state index is 11.3. The van der Waals surface area contributed by atoms with Crippen LogP contribution in [0, 0.1) is 28.6 Å². The smallest absolute Gasteiger partial charge is 0.469 e. The summed E-state index contributed by atoms with van der Waals surface area (Å²) in [5, 5.41) is 0. The van der Waals surface area contributed by atoms with Gasteiger partial charge in [0, 0.05) is 0 Å². The van der Waals surface area contributed by atoms with Crippen LogP contribution in [0.3, 0.4) is 0 Å². The molecule has 1 unspecified atom stereocenters. The van der Waals surface area contributed by atoms with Crippen LogP contribution in [-0.2, 0) is 15.5 Å². The Balaban J connectivity index is 1.67. The molecule has 3 rings (SSSR count). The average Bonchev–Trinajstić information content (AvgIpc) is 3.19. The van der Waals surface area contributed by atoms with Crippen molar-refractivity contribution in [1.82, 2.24) is 0 Å². The molecule has 0 amide bonds. The van der Waals surface area contributed by atoms with Crippen LogP contribution in [0.5, 0.6) is 0 Å². The lowest BCUT2D eigenvalue weighted by atomic mass is 9.52. The highest BCUT2D eigenvalue weighted by Crippen LogP contribution is 2.58. The van der Waals surface area contributed by atoms with Crippen LogP contribution in [0.2, 0.25) is 0 Å². The highest BCUT2D eigenvalue weighted by atomic mass is 31.2. The molecule has 2 aliphatic rings. The molecule has 2 aliphatic carbocycles. The molecule has 5 nitrogen and oxygen atoms in total. The zero-order chi connectivity index (χ0) is 22.7. The van der Waals surface area contributed by atoms with Crippen molar-refractivity contribution in [3.05, 3.63) is 35.8 Å². The van der Waals surface area contributed by atoms with Gasteiger partial charge >= 0.3 is 7.82 Å². The molecule has 0 aromatic carbocycles. The molecule has 6 heteroatoms. The quantitative estimate of drug-likeness (QED) is 0.298. The average molecular weight is 453 g/mol. The Morgan fingerprint density at radius 2 is 2.03 bits per heavy atom. The van der Waals surface area contributed by atoms with Gasteiger partial charge in [0.15, 0.2) is 0 Å². The Bertz CT molecular complexity index is 778. The highest BCUT2D eigenvalue weighted by Gasteiger charge is 2.47. The molecule has 0 bridgehead atoms. The van der Waals surface area contributed by atoms with Gasteiger partial charge in [-0.25, -0.2) is 4.57 Å².